The number of nitrogens with two attached hydrogens (primary N) is 1. The second-order valence-corrected chi connectivity index (χ2v) is 4.48. The fraction of sp³-hybridized carbons (Fsp3) is 0. The Bertz CT molecular complexity index is 435. The Morgan fingerprint density at radius 3 is 2.62 bits per heavy atom. The smallest absolute Gasteiger partial charge is 0.199 e. The number of H-pyrrole nitrogens is 1. The van der Waals surface area contributed by atoms with E-state index < -0.39 is 0 Å². The summed E-state index contributed by atoms with van der Waals surface area (Å²) in [6.07, 6.45) is 0. The van der Waals surface area contributed by atoms with Gasteiger partial charge in [-0.05, 0) is 12.1 Å². The molecule has 0 aliphatic rings. The highest BCUT2D eigenvalue weighted by Gasteiger charge is 2.10. The first-order valence-electron chi connectivity index (χ1n) is 3.43. The van der Waals surface area contributed by atoms with Gasteiger partial charge in [0.25, 0.3) is 0 Å². The molecule has 0 radical (unpaired) electrons. The lowest BCUT2D eigenvalue weighted by Gasteiger charge is -1.88. The van der Waals surface area contributed by atoms with E-state index in [0.29, 0.717) is 21.1 Å². The number of aromatic nitrogens is 2. The van der Waals surface area contributed by atoms with Crippen LogP contribution in [0.1, 0.15) is 0 Å². The zero-order valence-corrected chi connectivity index (χ0v) is 8.67. The molecule has 68 valence electrons. The number of halogens is 2. The summed E-state index contributed by atoms with van der Waals surface area (Å²) in [6, 6.07) is 3.65. The van der Waals surface area contributed by atoms with Crippen molar-refractivity contribution in [2.75, 3.05) is 5.73 Å². The molecule has 6 heteroatoms. The van der Waals surface area contributed by atoms with Gasteiger partial charge in [0.1, 0.15) is 10.8 Å². The molecule has 0 saturated heterocycles. The minimum atomic E-state index is 0.310. The number of nitrogens with one attached hydrogen (secondary N) is 1. The van der Waals surface area contributed by atoms with Crippen molar-refractivity contribution in [1.82, 2.24) is 9.97 Å². The van der Waals surface area contributed by atoms with Gasteiger partial charge in [0.2, 0.25) is 0 Å². The lowest BCUT2D eigenvalue weighted by molar-refractivity contribution is 1.33. The molecular weight excluding hydrogens is 229 g/mol. The number of anilines is 1. The minimum Gasteiger partial charge on any atom is -0.369 e. The summed E-state index contributed by atoms with van der Waals surface area (Å²) in [5, 5.41) is 0.441. The van der Waals surface area contributed by atoms with Gasteiger partial charge in [-0.2, -0.15) is 0 Å². The van der Waals surface area contributed by atoms with Gasteiger partial charge < -0.3 is 10.7 Å². The van der Waals surface area contributed by atoms with E-state index in [2.05, 4.69) is 9.97 Å². The lowest BCUT2D eigenvalue weighted by atomic mass is 10.4. The topological polar surface area (TPSA) is 54.7 Å². The van der Waals surface area contributed by atoms with Crippen molar-refractivity contribution in [2.45, 2.75) is 0 Å². The van der Waals surface area contributed by atoms with Crippen LogP contribution in [0.4, 0.5) is 5.95 Å². The van der Waals surface area contributed by atoms with Gasteiger partial charge in [-0.15, -0.1) is 11.3 Å². The Hall–Kier alpha value is -0.710. The summed E-state index contributed by atoms with van der Waals surface area (Å²) in [4.78, 5) is 7.65. The van der Waals surface area contributed by atoms with E-state index in [-0.39, 0.29) is 0 Å². The molecule has 2 aromatic heterocycles. The molecule has 13 heavy (non-hydrogen) atoms. The standard InChI is InChI=1S/C7H5Cl2N3S/c8-4-2-1-3(13-4)5-6(9)12-7(10)11-5/h1-2H,(H3,10,11,12). The number of hydrogen-bond donors (Lipinski definition) is 2. The van der Waals surface area contributed by atoms with Crippen LogP contribution in [0, 0.1) is 0 Å². The number of aromatic amines is 1. The zero-order chi connectivity index (χ0) is 9.42. The Morgan fingerprint density at radius 1 is 1.38 bits per heavy atom. The number of hydrogen-bond acceptors (Lipinski definition) is 3. The van der Waals surface area contributed by atoms with Crippen LogP contribution in [0.5, 0.6) is 0 Å². The molecule has 0 bridgehead atoms. The fourth-order valence-electron chi connectivity index (χ4n) is 0.974. The van der Waals surface area contributed by atoms with Crippen molar-refractivity contribution in [3.63, 3.8) is 0 Å². The third-order valence-corrected chi connectivity index (χ3v) is 3.00. The molecule has 0 aromatic carbocycles. The van der Waals surface area contributed by atoms with Crippen LogP contribution in [0.15, 0.2) is 12.1 Å². The SMILES string of the molecule is Nc1nc(-c2ccc(Cl)s2)c(Cl)[nH]1. The Kier molecular flexibility index (Phi) is 2.19. The molecule has 0 fully saturated rings. The molecule has 2 rings (SSSR count). The third-order valence-electron chi connectivity index (χ3n) is 1.48. The average molecular weight is 234 g/mol. The number of thiophene rings is 1. The van der Waals surface area contributed by atoms with Crippen molar-refractivity contribution in [3.8, 4) is 10.6 Å². The van der Waals surface area contributed by atoms with Gasteiger partial charge in [0.15, 0.2) is 5.95 Å². The summed E-state index contributed by atoms with van der Waals surface area (Å²) in [5.41, 5.74) is 6.09. The average Bonchev–Trinajstić information content (AvgIpc) is 2.58. The van der Waals surface area contributed by atoms with Gasteiger partial charge >= 0.3 is 0 Å². The van der Waals surface area contributed by atoms with Gasteiger partial charge in [0, 0.05) is 0 Å². The molecule has 3 N–H and O–H groups in total. The van der Waals surface area contributed by atoms with Gasteiger partial charge in [-0.1, -0.05) is 23.2 Å². The van der Waals surface area contributed by atoms with Crippen LogP contribution in [0.2, 0.25) is 9.49 Å². The summed E-state index contributed by atoms with van der Waals surface area (Å²) in [6.45, 7) is 0. The molecule has 0 unspecified atom stereocenters. The number of nitrogens with zero attached hydrogens (tertiary/aromatic N) is 1. The predicted molar refractivity (Wildman–Crippen MR) is 56.3 cm³/mol. The Balaban J connectivity index is 2.51. The van der Waals surface area contributed by atoms with Crippen LogP contribution in [-0.2, 0) is 0 Å². The van der Waals surface area contributed by atoms with Crippen LogP contribution in [0.25, 0.3) is 10.6 Å². The second kappa shape index (κ2) is 3.21. The second-order valence-electron chi connectivity index (χ2n) is 2.39. The van der Waals surface area contributed by atoms with Crippen molar-refractivity contribution < 1.29 is 0 Å². The zero-order valence-electron chi connectivity index (χ0n) is 6.34. The molecule has 0 atom stereocenters. The van der Waals surface area contributed by atoms with Gasteiger partial charge in [-0.25, -0.2) is 4.98 Å². The summed E-state index contributed by atoms with van der Waals surface area (Å²) >= 11 is 13.0. The molecular formula is C7H5Cl2N3S. The summed E-state index contributed by atoms with van der Waals surface area (Å²) < 4.78 is 0.702. The van der Waals surface area contributed by atoms with Crippen LogP contribution in [0.3, 0.4) is 0 Å². The van der Waals surface area contributed by atoms with Crippen molar-refractivity contribution in [1.29, 1.82) is 0 Å². The molecule has 0 spiro atoms. The van der Waals surface area contributed by atoms with Crippen LogP contribution in [-0.4, -0.2) is 9.97 Å². The minimum absolute atomic E-state index is 0.310. The summed E-state index contributed by atoms with van der Waals surface area (Å²) in [5.74, 6) is 0.310. The van der Waals surface area contributed by atoms with E-state index in [1.807, 2.05) is 6.07 Å². The monoisotopic (exact) mass is 233 g/mol. The first-order valence-corrected chi connectivity index (χ1v) is 5.01. The van der Waals surface area contributed by atoms with Crippen LogP contribution < -0.4 is 5.73 Å². The lowest BCUT2D eigenvalue weighted by Crippen LogP contribution is -1.84. The van der Waals surface area contributed by atoms with E-state index in [0.717, 1.165) is 4.88 Å². The Labute approximate surface area is 88.5 Å². The maximum Gasteiger partial charge on any atom is 0.199 e. The molecule has 2 heterocycles. The highest BCUT2D eigenvalue weighted by atomic mass is 35.5. The largest absolute Gasteiger partial charge is 0.369 e. The predicted octanol–water partition coefficient (Wildman–Crippen LogP) is 3.03. The van der Waals surface area contributed by atoms with E-state index in [4.69, 9.17) is 28.9 Å². The van der Waals surface area contributed by atoms with E-state index in [1.165, 1.54) is 11.3 Å². The van der Waals surface area contributed by atoms with Crippen LogP contribution >= 0.6 is 34.5 Å². The quantitative estimate of drug-likeness (QED) is 0.796. The molecule has 0 aliphatic carbocycles. The van der Waals surface area contributed by atoms with Gasteiger partial charge in [-0.3, -0.25) is 0 Å². The van der Waals surface area contributed by atoms with Crippen molar-refractivity contribution >= 4 is 40.5 Å². The van der Waals surface area contributed by atoms with E-state index in [9.17, 15) is 0 Å². The Morgan fingerprint density at radius 2 is 2.15 bits per heavy atom. The molecule has 0 saturated carbocycles. The fourth-order valence-corrected chi connectivity index (χ4v) is 2.31. The normalized spacial score (nSPS) is 10.6. The number of rotatable bonds is 1. The molecule has 0 aliphatic heterocycles. The van der Waals surface area contributed by atoms with Crippen molar-refractivity contribution in [2.24, 2.45) is 0 Å². The maximum atomic E-state index is 5.85. The van der Waals surface area contributed by atoms with E-state index >= 15 is 0 Å². The molecule has 0 amide bonds. The number of imidazole rings is 1. The summed E-state index contributed by atoms with van der Waals surface area (Å²) in [7, 11) is 0. The number of nitrogen functional groups attached to an aromatic ring is 1. The first kappa shape index (κ1) is 8.87. The van der Waals surface area contributed by atoms with Crippen molar-refractivity contribution in [3.05, 3.63) is 21.6 Å². The highest BCUT2D eigenvalue weighted by molar-refractivity contribution is 7.19. The van der Waals surface area contributed by atoms with E-state index in [1.54, 1.807) is 6.07 Å². The maximum absolute atomic E-state index is 5.85. The third kappa shape index (κ3) is 1.65. The molecule has 2 aromatic rings. The first-order chi connectivity index (χ1) is 6.16. The highest BCUT2D eigenvalue weighted by Crippen LogP contribution is 2.33. The molecule has 3 nitrogen and oxygen atoms in total. The van der Waals surface area contributed by atoms with Gasteiger partial charge in [0.05, 0.1) is 9.21 Å².